The van der Waals surface area contributed by atoms with E-state index in [1.807, 2.05) is 0 Å². The molecule has 0 aliphatic carbocycles. The zero-order valence-electron chi connectivity index (χ0n) is 11.2. The lowest BCUT2D eigenvalue weighted by Gasteiger charge is -2.08. The van der Waals surface area contributed by atoms with Crippen molar-refractivity contribution in [3.8, 4) is 0 Å². The van der Waals surface area contributed by atoms with E-state index < -0.39 is 12.0 Å². The number of primary amides is 1. The number of amides is 2. The van der Waals surface area contributed by atoms with Crippen LogP contribution in [0.2, 0.25) is 0 Å². The van der Waals surface area contributed by atoms with Crippen molar-refractivity contribution in [3.63, 3.8) is 0 Å². The van der Waals surface area contributed by atoms with Crippen LogP contribution >= 0.6 is 0 Å². The first-order valence-corrected chi connectivity index (χ1v) is 6.05. The van der Waals surface area contributed by atoms with Crippen LogP contribution in [0.5, 0.6) is 0 Å². The number of ether oxygens (including phenoxy) is 1. The summed E-state index contributed by atoms with van der Waals surface area (Å²) in [5, 5.41) is 11.9. The minimum absolute atomic E-state index is 0.123. The van der Waals surface area contributed by atoms with Gasteiger partial charge in [0.2, 0.25) is 11.8 Å². The van der Waals surface area contributed by atoms with E-state index >= 15 is 0 Å². The Kier molecular flexibility index (Phi) is 6.42. The predicted molar refractivity (Wildman–Crippen MR) is 74.9 cm³/mol. The van der Waals surface area contributed by atoms with Gasteiger partial charge in [-0.3, -0.25) is 9.59 Å². The summed E-state index contributed by atoms with van der Waals surface area (Å²) in [6.07, 6.45) is 2.22. The van der Waals surface area contributed by atoms with E-state index in [2.05, 4.69) is 5.32 Å². The molecule has 1 aromatic rings. The number of benzene rings is 1. The van der Waals surface area contributed by atoms with E-state index in [1.54, 1.807) is 30.3 Å². The molecule has 20 heavy (non-hydrogen) atoms. The summed E-state index contributed by atoms with van der Waals surface area (Å²) >= 11 is 0. The fraction of sp³-hybridized carbons (Fsp3) is 0.286. The zero-order chi connectivity index (χ0) is 15.0. The summed E-state index contributed by atoms with van der Waals surface area (Å²) in [7, 11) is 1.47. The molecule has 1 rings (SSSR count). The third-order valence-corrected chi connectivity index (χ3v) is 2.49. The summed E-state index contributed by atoms with van der Waals surface area (Å²) in [5.41, 5.74) is 6.30. The van der Waals surface area contributed by atoms with Gasteiger partial charge in [0.1, 0.15) is 0 Å². The van der Waals surface area contributed by atoms with Gasteiger partial charge in [-0.05, 0) is 23.8 Å². The molecule has 0 aliphatic rings. The summed E-state index contributed by atoms with van der Waals surface area (Å²) in [6.45, 7) is 0.288. The highest BCUT2D eigenvalue weighted by Gasteiger charge is 2.04. The zero-order valence-corrected chi connectivity index (χ0v) is 11.2. The van der Waals surface area contributed by atoms with Crippen LogP contribution in [0.25, 0.3) is 6.08 Å². The van der Waals surface area contributed by atoms with E-state index in [9.17, 15) is 14.7 Å². The van der Waals surface area contributed by atoms with Gasteiger partial charge in [-0.1, -0.05) is 12.1 Å². The Morgan fingerprint density at radius 1 is 1.40 bits per heavy atom. The number of carbonyl (C=O) groups is 2. The molecule has 0 saturated heterocycles. The Hall–Kier alpha value is -2.18. The Morgan fingerprint density at radius 2 is 2.05 bits per heavy atom. The lowest BCUT2D eigenvalue weighted by Crippen LogP contribution is -2.33. The molecule has 108 valence electrons. The number of nitrogens with one attached hydrogen (secondary N) is 1. The number of hydrogen-bond donors (Lipinski definition) is 3. The van der Waals surface area contributed by atoms with Crippen LogP contribution in [0, 0.1) is 0 Å². The van der Waals surface area contributed by atoms with Crippen LogP contribution < -0.4 is 11.1 Å². The van der Waals surface area contributed by atoms with E-state index in [1.165, 1.54) is 13.2 Å². The third-order valence-electron chi connectivity index (χ3n) is 2.49. The number of carbonyl (C=O) groups excluding carboxylic acids is 2. The van der Waals surface area contributed by atoms with Gasteiger partial charge in [-0.15, -0.1) is 0 Å². The molecule has 0 heterocycles. The Bertz CT molecular complexity index is 482. The summed E-state index contributed by atoms with van der Waals surface area (Å²) in [6, 6.07) is 6.54. The van der Waals surface area contributed by atoms with Gasteiger partial charge in [0.05, 0.1) is 12.7 Å². The van der Waals surface area contributed by atoms with E-state index in [-0.39, 0.29) is 19.1 Å². The molecule has 2 amide bonds. The molecular weight excluding hydrogens is 260 g/mol. The van der Waals surface area contributed by atoms with Gasteiger partial charge >= 0.3 is 0 Å². The highest BCUT2D eigenvalue weighted by molar-refractivity contribution is 5.94. The van der Waals surface area contributed by atoms with Gasteiger partial charge in [-0.25, -0.2) is 0 Å². The summed E-state index contributed by atoms with van der Waals surface area (Å²) < 4.78 is 4.74. The molecule has 0 saturated carbocycles. The average Bonchev–Trinajstić information content (AvgIpc) is 2.43. The fourth-order valence-corrected chi connectivity index (χ4v) is 1.46. The fourth-order valence-electron chi connectivity index (χ4n) is 1.46. The Morgan fingerprint density at radius 3 is 2.60 bits per heavy atom. The summed E-state index contributed by atoms with van der Waals surface area (Å²) in [5.74, 6) is -0.815. The van der Waals surface area contributed by atoms with E-state index in [0.717, 1.165) is 5.56 Å². The molecule has 6 heteroatoms. The Balaban J connectivity index is 2.46. The SMILES string of the molecule is COCC(O)CNC(=O)C=Cc1ccc(C(N)=O)cc1. The van der Waals surface area contributed by atoms with Crippen molar-refractivity contribution in [2.75, 3.05) is 20.3 Å². The van der Waals surface area contributed by atoms with Gasteiger partial charge in [0.15, 0.2) is 0 Å². The highest BCUT2D eigenvalue weighted by Crippen LogP contribution is 2.05. The number of methoxy groups -OCH3 is 1. The summed E-state index contributed by atoms with van der Waals surface area (Å²) in [4.78, 5) is 22.4. The number of rotatable bonds is 7. The number of aliphatic hydroxyl groups excluding tert-OH is 1. The standard InChI is InChI=1S/C14H18N2O4/c1-20-9-12(17)8-16-13(18)7-4-10-2-5-11(6-3-10)14(15)19/h2-7,12,17H,8-9H2,1H3,(H2,15,19)(H,16,18). The largest absolute Gasteiger partial charge is 0.389 e. The lowest BCUT2D eigenvalue weighted by atomic mass is 10.1. The number of aliphatic hydroxyl groups is 1. The monoisotopic (exact) mass is 278 g/mol. The number of nitrogens with two attached hydrogens (primary N) is 1. The van der Waals surface area contributed by atoms with Crippen molar-refractivity contribution in [3.05, 3.63) is 41.5 Å². The third kappa shape index (κ3) is 5.64. The first-order chi connectivity index (χ1) is 9.52. The van der Waals surface area contributed by atoms with Crippen LogP contribution in [0.1, 0.15) is 15.9 Å². The molecule has 0 aliphatic heterocycles. The average molecular weight is 278 g/mol. The maximum atomic E-state index is 11.5. The van der Waals surface area contributed by atoms with Crippen LogP contribution in [-0.2, 0) is 9.53 Å². The molecule has 1 unspecified atom stereocenters. The molecule has 1 aromatic carbocycles. The molecule has 0 radical (unpaired) electrons. The molecule has 4 N–H and O–H groups in total. The van der Waals surface area contributed by atoms with Gasteiger partial charge < -0.3 is 20.9 Å². The second kappa shape index (κ2) is 8.08. The van der Waals surface area contributed by atoms with Crippen molar-refractivity contribution >= 4 is 17.9 Å². The van der Waals surface area contributed by atoms with Crippen molar-refractivity contribution in [2.45, 2.75) is 6.10 Å². The minimum Gasteiger partial charge on any atom is -0.389 e. The first kappa shape index (κ1) is 15.9. The van der Waals surface area contributed by atoms with Crippen molar-refractivity contribution in [1.29, 1.82) is 0 Å². The first-order valence-electron chi connectivity index (χ1n) is 6.05. The van der Waals surface area contributed by atoms with Crippen LogP contribution in [0.15, 0.2) is 30.3 Å². The maximum absolute atomic E-state index is 11.5. The Labute approximate surface area is 117 Å². The molecule has 0 fully saturated rings. The van der Waals surface area contributed by atoms with Crippen LogP contribution in [-0.4, -0.2) is 43.3 Å². The molecule has 0 bridgehead atoms. The second-order valence-corrected chi connectivity index (χ2v) is 4.17. The van der Waals surface area contributed by atoms with Crippen molar-refractivity contribution < 1.29 is 19.4 Å². The lowest BCUT2D eigenvalue weighted by molar-refractivity contribution is -0.117. The molecule has 6 nitrogen and oxygen atoms in total. The van der Waals surface area contributed by atoms with E-state index in [0.29, 0.717) is 5.56 Å². The molecule has 0 aromatic heterocycles. The highest BCUT2D eigenvalue weighted by atomic mass is 16.5. The molecule has 1 atom stereocenters. The predicted octanol–water partition coefficient (Wildman–Crippen LogP) is -0.0778. The minimum atomic E-state index is -0.729. The van der Waals surface area contributed by atoms with Crippen LogP contribution in [0.4, 0.5) is 0 Å². The molecule has 0 spiro atoms. The van der Waals surface area contributed by atoms with Crippen LogP contribution in [0.3, 0.4) is 0 Å². The second-order valence-electron chi connectivity index (χ2n) is 4.17. The smallest absolute Gasteiger partial charge is 0.248 e. The normalized spacial score (nSPS) is 12.3. The van der Waals surface area contributed by atoms with Crippen molar-refractivity contribution in [1.82, 2.24) is 5.32 Å². The van der Waals surface area contributed by atoms with Crippen molar-refractivity contribution in [2.24, 2.45) is 5.73 Å². The number of hydrogen-bond acceptors (Lipinski definition) is 4. The molecular formula is C14H18N2O4. The van der Waals surface area contributed by atoms with Gasteiger partial charge in [0.25, 0.3) is 0 Å². The topological polar surface area (TPSA) is 102 Å². The van der Waals surface area contributed by atoms with E-state index in [4.69, 9.17) is 10.5 Å². The quantitative estimate of drug-likeness (QED) is 0.607. The van der Waals surface area contributed by atoms with Gasteiger partial charge in [0, 0.05) is 25.3 Å². The maximum Gasteiger partial charge on any atom is 0.248 e. The van der Waals surface area contributed by atoms with Gasteiger partial charge in [-0.2, -0.15) is 0 Å².